The third-order valence-electron chi connectivity index (χ3n) is 3.47. The van der Waals surface area contributed by atoms with Crippen LogP contribution >= 0.6 is 0 Å². The number of anilines is 1. The van der Waals surface area contributed by atoms with Crippen LogP contribution in [0.4, 0.5) is 10.5 Å². The molecule has 6 heteroatoms. The molecule has 0 radical (unpaired) electrons. The summed E-state index contributed by atoms with van der Waals surface area (Å²) >= 11 is 0. The molecule has 2 N–H and O–H groups in total. The van der Waals surface area contributed by atoms with Gasteiger partial charge in [0.2, 0.25) is 5.91 Å². The largest absolute Gasteiger partial charge is 0.450 e. The summed E-state index contributed by atoms with van der Waals surface area (Å²) in [5.74, 6) is -0.0552. The van der Waals surface area contributed by atoms with Crippen LogP contribution in [-0.4, -0.2) is 54.6 Å². The Labute approximate surface area is 130 Å². The van der Waals surface area contributed by atoms with Crippen LogP contribution < -0.4 is 5.73 Å². The lowest BCUT2D eigenvalue weighted by atomic mass is 10.2. The van der Waals surface area contributed by atoms with Crippen molar-refractivity contribution in [1.29, 1.82) is 0 Å². The van der Waals surface area contributed by atoms with Gasteiger partial charge in [-0.1, -0.05) is 12.1 Å². The van der Waals surface area contributed by atoms with E-state index in [1.165, 1.54) is 0 Å². The van der Waals surface area contributed by atoms with Gasteiger partial charge in [-0.3, -0.25) is 4.79 Å². The molecule has 6 nitrogen and oxygen atoms in total. The minimum absolute atomic E-state index is 0.0552. The summed E-state index contributed by atoms with van der Waals surface area (Å²) in [4.78, 5) is 27.1. The van der Waals surface area contributed by atoms with Crippen LogP contribution in [0.2, 0.25) is 0 Å². The molecule has 1 heterocycles. The second-order valence-electron chi connectivity index (χ2n) is 5.01. The number of hydrogen-bond acceptors (Lipinski definition) is 4. The second kappa shape index (κ2) is 7.49. The summed E-state index contributed by atoms with van der Waals surface area (Å²) < 4.78 is 4.95. The van der Waals surface area contributed by atoms with Gasteiger partial charge < -0.3 is 20.3 Å². The van der Waals surface area contributed by atoms with Crippen LogP contribution in [0.1, 0.15) is 12.5 Å². The van der Waals surface area contributed by atoms with Crippen LogP contribution in [0.25, 0.3) is 6.08 Å². The Kier molecular flexibility index (Phi) is 5.41. The number of nitrogen functional groups attached to an aromatic ring is 1. The number of nitrogens with zero attached hydrogens (tertiary/aromatic N) is 2. The maximum atomic E-state index is 12.1. The molecule has 0 saturated carbocycles. The molecule has 1 aromatic carbocycles. The number of hydrogen-bond donors (Lipinski definition) is 1. The number of nitrogens with two attached hydrogens (primary N) is 1. The normalized spacial score (nSPS) is 15.1. The second-order valence-corrected chi connectivity index (χ2v) is 5.01. The van der Waals surface area contributed by atoms with Crippen LogP contribution in [0.5, 0.6) is 0 Å². The number of rotatable bonds is 3. The maximum Gasteiger partial charge on any atom is 0.409 e. The molecule has 22 heavy (non-hydrogen) atoms. The molecule has 2 rings (SSSR count). The number of carbonyl (C=O) groups is 2. The van der Waals surface area contributed by atoms with Crippen LogP contribution in [-0.2, 0) is 9.53 Å². The smallest absolute Gasteiger partial charge is 0.409 e. The lowest BCUT2D eigenvalue weighted by Crippen LogP contribution is -2.50. The molecule has 2 amide bonds. The van der Waals surface area contributed by atoms with Gasteiger partial charge in [0.25, 0.3) is 0 Å². The Morgan fingerprint density at radius 2 is 1.73 bits per heavy atom. The van der Waals surface area contributed by atoms with Crippen molar-refractivity contribution in [2.45, 2.75) is 6.92 Å². The van der Waals surface area contributed by atoms with E-state index in [1.807, 2.05) is 12.1 Å². The fourth-order valence-electron chi connectivity index (χ4n) is 2.20. The van der Waals surface area contributed by atoms with E-state index in [0.717, 1.165) is 5.56 Å². The molecule has 0 aromatic heterocycles. The van der Waals surface area contributed by atoms with E-state index >= 15 is 0 Å². The van der Waals surface area contributed by atoms with E-state index in [1.54, 1.807) is 41.0 Å². The van der Waals surface area contributed by atoms with Gasteiger partial charge in [-0.2, -0.15) is 0 Å². The zero-order valence-electron chi connectivity index (χ0n) is 12.7. The van der Waals surface area contributed by atoms with Gasteiger partial charge in [0.15, 0.2) is 0 Å². The van der Waals surface area contributed by atoms with Gasteiger partial charge in [-0.15, -0.1) is 0 Å². The molecular formula is C16H21N3O3. The first-order valence-corrected chi connectivity index (χ1v) is 7.34. The van der Waals surface area contributed by atoms with E-state index in [2.05, 4.69) is 0 Å². The molecule has 1 aliphatic rings. The number of piperazine rings is 1. The van der Waals surface area contributed by atoms with Crippen molar-refractivity contribution in [1.82, 2.24) is 9.80 Å². The summed E-state index contributed by atoms with van der Waals surface area (Å²) in [6.07, 6.45) is 3.00. The molecule has 0 bridgehead atoms. The predicted octanol–water partition coefficient (Wildman–Crippen LogP) is 1.58. The third kappa shape index (κ3) is 4.25. The lowest BCUT2D eigenvalue weighted by molar-refractivity contribution is -0.127. The minimum atomic E-state index is -0.313. The zero-order chi connectivity index (χ0) is 15.9. The predicted molar refractivity (Wildman–Crippen MR) is 85.1 cm³/mol. The van der Waals surface area contributed by atoms with Crippen molar-refractivity contribution in [2.75, 3.05) is 38.5 Å². The van der Waals surface area contributed by atoms with Crippen molar-refractivity contribution in [3.8, 4) is 0 Å². The molecule has 1 saturated heterocycles. The van der Waals surface area contributed by atoms with Gasteiger partial charge in [0, 0.05) is 37.9 Å². The number of ether oxygens (including phenoxy) is 1. The summed E-state index contributed by atoms with van der Waals surface area (Å²) in [5, 5.41) is 0. The van der Waals surface area contributed by atoms with E-state index < -0.39 is 0 Å². The monoisotopic (exact) mass is 303 g/mol. The van der Waals surface area contributed by atoms with Crippen molar-refractivity contribution in [3.05, 3.63) is 35.9 Å². The van der Waals surface area contributed by atoms with E-state index in [-0.39, 0.29) is 12.0 Å². The Hall–Kier alpha value is -2.50. The average Bonchev–Trinajstić information content (AvgIpc) is 2.54. The fourth-order valence-corrected chi connectivity index (χ4v) is 2.20. The summed E-state index contributed by atoms with van der Waals surface area (Å²) in [6, 6.07) is 7.31. The Balaban J connectivity index is 1.84. The molecule has 0 atom stereocenters. The molecule has 1 fully saturated rings. The molecule has 1 aromatic rings. The SMILES string of the molecule is CCOC(=O)N1CCN(C(=O)/C=C/c2ccc(N)cc2)CC1. The maximum absolute atomic E-state index is 12.1. The lowest BCUT2D eigenvalue weighted by Gasteiger charge is -2.33. The van der Waals surface area contributed by atoms with Crippen LogP contribution in [0.15, 0.2) is 30.3 Å². The van der Waals surface area contributed by atoms with Gasteiger partial charge in [0.05, 0.1) is 6.61 Å². The Morgan fingerprint density at radius 3 is 2.32 bits per heavy atom. The third-order valence-corrected chi connectivity index (χ3v) is 3.47. The van der Waals surface area contributed by atoms with Gasteiger partial charge in [-0.25, -0.2) is 4.79 Å². The van der Waals surface area contributed by atoms with Gasteiger partial charge in [0.1, 0.15) is 0 Å². The van der Waals surface area contributed by atoms with Crippen LogP contribution in [0, 0.1) is 0 Å². The summed E-state index contributed by atoms with van der Waals surface area (Å²) in [5.41, 5.74) is 7.23. The highest BCUT2D eigenvalue weighted by Gasteiger charge is 2.23. The minimum Gasteiger partial charge on any atom is -0.450 e. The number of benzene rings is 1. The van der Waals surface area contributed by atoms with E-state index in [9.17, 15) is 9.59 Å². The van der Waals surface area contributed by atoms with Crippen molar-refractivity contribution >= 4 is 23.8 Å². The molecule has 118 valence electrons. The zero-order valence-corrected chi connectivity index (χ0v) is 12.7. The van der Waals surface area contributed by atoms with E-state index in [4.69, 9.17) is 10.5 Å². The van der Waals surface area contributed by atoms with E-state index in [0.29, 0.717) is 38.5 Å². The quantitative estimate of drug-likeness (QED) is 0.679. The Bertz CT molecular complexity index is 546. The Morgan fingerprint density at radius 1 is 1.14 bits per heavy atom. The topological polar surface area (TPSA) is 75.9 Å². The standard InChI is InChI=1S/C16H21N3O3/c1-2-22-16(21)19-11-9-18(10-12-19)15(20)8-5-13-3-6-14(17)7-4-13/h3-8H,2,9-12,17H2,1H3/b8-5+. The van der Waals surface area contributed by atoms with Crippen molar-refractivity contribution in [2.24, 2.45) is 0 Å². The molecule has 0 unspecified atom stereocenters. The first-order chi connectivity index (χ1) is 10.6. The first kappa shape index (κ1) is 15.9. The molecule has 0 spiro atoms. The van der Waals surface area contributed by atoms with Crippen molar-refractivity contribution in [3.63, 3.8) is 0 Å². The summed E-state index contributed by atoms with van der Waals surface area (Å²) in [6.45, 7) is 4.18. The van der Waals surface area contributed by atoms with Gasteiger partial charge >= 0.3 is 6.09 Å². The highest BCUT2D eigenvalue weighted by Crippen LogP contribution is 2.09. The summed E-state index contributed by atoms with van der Waals surface area (Å²) in [7, 11) is 0. The average molecular weight is 303 g/mol. The molecular weight excluding hydrogens is 282 g/mol. The molecule has 1 aliphatic heterocycles. The molecule has 0 aliphatic carbocycles. The number of carbonyl (C=O) groups excluding carboxylic acids is 2. The fraction of sp³-hybridized carbons (Fsp3) is 0.375. The van der Waals surface area contributed by atoms with Crippen LogP contribution in [0.3, 0.4) is 0 Å². The first-order valence-electron chi connectivity index (χ1n) is 7.34. The highest BCUT2D eigenvalue weighted by atomic mass is 16.6. The highest BCUT2D eigenvalue weighted by molar-refractivity contribution is 5.92. The van der Waals surface area contributed by atoms with Gasteiger partial charge in [-0.05, 0) is 30.7 Å². The number of amides is 2. The van der Waals surface area contributed by atoms with Crippen molar-refractivity contribution < 1.29 is 14.3 Å².